The standard InChI is InChI=1S/C17H28N2.C2H2O4/c1-2-8-19(7-1)17-5-9-18(10-6-17)13-16-12-14-3-4-15(16)11-14;3-1(4)2(5)6/h3-4,14-17H,1-2,5-13H2;(H,3,4)(H,5,6). The van der Waals surface area contributed by atoms with Gasteiger partial charge in [-0.15, -0.1) is 0 Å². The first-order valence-corrected chi connectivity index (χ1v) is 9.64. The molecular formula is C19H30N2O4. The van der Waals surface area contributed by atoms with Crippen molar-refractivity contribution in [2.75, 3.05) is 32.7 Å². The quantitative estimate of drug-likeness (QED) is 0.598. The lowest BCUT2D eigenvalue weighted by Gasteiger charge is -2.38. The van der Waals surface area contributed by atoms with Crippen LogP contribution in [0.5, 0.6) is 0 Å². The normalized spacial score (nSPS) is 32.6. The van der Waals surface area contributed by atoms with E-state index in [9.17, 15) is 0 Å². The minimum Gasteiger partial charge on any atom is -0.473 e. The largest absolute Gasteiger partial charge is 0.473 e. The molecule has 1 saturated carbocycles. The van der Waals surface area contributed by atoms with Crippen molar-refractivity contribution in [3.8, 4) is 0 Å². The molecule has 0 amide bonds. The van der Waals surface area contributed by atoms with Gasteiger partial charge < -0.3 is 20.0 Å². The average molecular weight is 350 g/mol. The molecule has 140 valence electrons. The number of aliphatic carboxylic acids is 2. The predicted octanol–water partition coefficient (Wildman–Crippen LogP) is 1.91. The molecule has 2 heterocycles. The second kappa shape index (κ2) is 8.32. The molecule has 2 aliphatic carbocycles. The van der Waals surface area contributed by atoms with Crippen molar-refractivity contribution in [2.45, 2.75) is 44.6 Å². The molecule has 0 spiro atoms. The number of fused-ring (bicyclic) bond motifs is 2. The number of hydrogen-bond acceptors (Lipinski definition) is 4. The van der Waals surface area contributed by atoms with E-state index in [4.69, 9.17) is 19.8 Å². The number of piperidine rings is 1. The fraction of sp³-hybridized carbons (Fsp3) is 0.789. The minimum absolute atomic E-state index is 0.915. The highest BCUT2D eigenvalue weighted by Crippen LogP contribution is 2.43. The van der Waals surface area contributed by atoms with Crippen molar-refractivity contribution >= 4 is 11.9 Å². The highest BCUT2D eigenvalue weighted by molar-refractivity contribution is 6.27. The lowest BCUT2D eigenvalue weighted by molar-refractivity contribution is -0.159. The summed E-state index contributed by atoms with van der Waals surface area (Å²) >= 11 is 0. The summed E-state index contributed by atoms with van der Waals surface area (Å²) in [6.45, 7) is 6.86. The van der Waals surface area contributed by atoms with Crippen LogP contribution < -0.4 is 0 Å². The molecule has 3 unspecified atom stereocenters. The Morgan fingerprint density at radius 1 is 0.920 bits per heavy atom. The Hall–Kier alpha value is -1.40. The second-order valence-electron chi connectivity index (χ2n) is 7.93. The SMILES string of the molecule is C1=CC2CC1CC2CN1CCC(N2CCCC2)CC1.O=C(O)C(=O)O. The van der Waals surface area contributed by atoms with E-state index in [1.807, 2.05) is 0 Å². The van der Waals surface area contributed by atoms with Gasteiger partial charge >= 0.3 is 11.9 Å². The van der Waals surface area contributed by atoms with E-state index in [1.165, 1.54) is 71.2 Å². The predicted molar refractivity (Wildman–Crippen MR) is 94.4 cm³/mol. The van der Waals surface area contributed by atoms with E-state index >= 15 is 0 Å². The summed E-state index contributed by atoms with van der Waals surface area (Å²) in [6, 6.07) is 0.915. The van der Waals surface area contributed by atoms with Crippen LogP contribution in [0.1, 0.15) is 38.5 Å². The average Bonchev–Trinajstić information content (AvgIpc) is 3.34. The van der Waals surface area contributed by atoms with Gasteiger partial charge in [0.2, 0.25) is 0 Å². The van der Waals surface area contributed by atoms with Gasteiger partial charge in [-0.2, -0.15) is 0 Å². The Labute approximate surface area is 149 Å². The van der Waals surface area contributed by atoms with Crippen LogP contribution in [0, 0.1) is 17.8 Å². The van der Waals surface area contributed by atoms with E-state index in [0.717, 1.165) is 23.8 Å². The number of carbonyl (C=O) groups is 2. The highest BCUT2D eigenvalue weighted by Gasteiger charge is 2.37. The number of nitrogens with zero attached hydrogens (tertiary/aromatic N) is 2. The van der Waals surface area contributed by atoms with Crippen LogP contribution in [0.3, 0.4) is 0 Å². The van der Waals surface area contributed by atoms with Crippen LogP contribution in [0.4, 0.5) is 0 Å². The van der Waals surface area contributed by atoms with Gasteiger partial charge in [-0.25, -0.2) is 9.59 Å². The zero-order valence-electron chi connectivity index (χ0n) is 14.8. The first kappa shape index (κ1) is 18.4. The zero-order chi connectivity index (χ0) is 17.8. The fourth-order valence-electron chi connectivity index (χ4n) is 5.01. The molecule has 0 aromatic carbocycles. The third-order valence-corrected chi connectivity index (χ3v) is 6.31. The van der Waals surface area contributed by atoms with Gasteiger partial charge in [0, 0.05) is 12.6 Å². The summed E-state index contributed by atoms with van der Waals surface area (Å²) < 4.78 is 0. The maximum absolute atomic E-state index is 9.10. The van der Waals surface area contributed by atoms with Crippen LogP contribution in [-0.2, 0) is 9.59 Å². The number of likely N-dealkylation sites (tertiary alicyclic amines) is 2. The van der Waals surface area contributed by atoms with Gasteiger partial charge in [0.1, 0.15) is 0 Å². The molecule has 4 rings (SSSR count). The molecule has 3 fully saturated rings. The van der Waals surface area contributed by atoms with Crippen molar-refractivity contribution in [3.05, 3.63) is 12.2 Å². The Balaban J connectivity index is 0.000000265. The fourth-order valence-corrected chi connectivity index (χ4v) is 5.01. The van der Waals surface area contributed by atoms with Crippen molar-refractivity contribution in [1.29, 1.82) is 0 Å². The van der Waals surface area contributed by atoms with Gasteiger partial charge in [0.05, 0.1) is 0 Å². The van der Waals surface area contributed by atoms with Crippen LogP contribution in [0.25, 0.3) is 0 Å². The molecule has 3 atom stereocenters. The number of allylic oxidation sites excluding steroid dienone is 2. The van der Waals surface area contributed by atoms with Crippen molar-refractivity contribution in [1.82, 2.24) is 9.80 Å². The van der Waals surface area contributed by atoms with E-state index in [-0.39, 0.29) is 0 Å². The first-order chi connectivity index (χ1) is 12.0. The van der Waals surface area contributed by atoms with E-state index < -0.39 is 11.9 Å². The lowest BCUT2D eigenvalue weighted by Crippen LogP contribution is -2.45. The summed E-state index contributed by atoms with van der Waals surface area (Å²) in [4.78, 5) is 23.7. The first-order valence-electron chi connectivity index (χ1n) is 9.64. The molecule has 4 aliphatic rings. The van der Waals surface area contributed by atoms with E-state index in [0.29, 0.717) is 0 Å². The molecule has 0 aromatic heterocycles. The van der Waals surface area contributed by atoms with Crippen LogP contribution in [0.15, 0.2) is 12.2 Å². The van der Waals surface area contributed by atoms with Gasteiger partial charge in [-0.1, -0.05) is 12.2 Å². The Bertz CT molecular complexity index is 496. The third kappa shape index (κ3) is 4.82. The molecule has 2 saturated heterocycles. The molecule has 0 aromatic rings. The third-order valence-electron chi connectivity index (χ3n) is 6.31. The maximum atomic E-state index is 9.10. The van der Waals surface area contributed by atoms with Gasteiger partial charge in [0.25, 0.3) is 0 Å². The number of hydrogen-bond donors (Lipinski definition) is 2. The highest BCUT2D eigenvalue weighted by atomic mass is 16.4. The van der Waals surface area contributed by atoms with Crippen LogP contribution >= 0.6 is 0 Å². The van der Waals surface area contributed by atoms with Crippen molar-refractivity contribution in [3.63, 3.8) is 0 Å². The smallest absolute Gasteiger partial charge is 0.414 e. The van der Waals surface area contributed by atoms with Gasteiger partial charge in [0.15, 0.2) is 0 Å². The maximum Gasteiger partial charge on any atom is 0.414 e. The molecule has 0 radical (unpaired) electrons. The summed E-state index contributed by atoms with van der Waals surface area (Å²) in [7, 11) is 0. The Morgan fingerprint density at radius 2 is 1.56 bits per heavy atom. The molecule has 6 nitrogen and oxygen atoms in total. The van der Waals surface area contributed by atoms with Crippen molar-refractivity contribution in [2.24, 2.45) is 17.8 Å². The van der Waals surface area contributed by atoms with Gasteiger partial charge in [-0.05, 0) is 82.5 Å². The summed E-state index contributed by atoms with van der Waals surface area (Å²) in [5.74, 6) is -0.790. The summed E-state index contributed by atoms with van der Waals surface area (Å²) in [6.07, 6.45) is 13.7. The van der Waals surface area contributed by atoms with E-state index in [1.54, 1.807) is 0 Å². The summed E-state index contributed by atoms with van der Waals surface area (Å²) in [5.41, 5.74) is 0. The zero-order valence-corrected chi connectivity index (χ0v) is 14.8. The Kier molecular flexibility index (Phi) is 6.12. The molecule has 25 heavy (non-hydrogen) atoms. The van der Waals surface area contributed by atoms with Crippen LogP contribution in [-0.4, -0.2) is 70.7 Å². The Morgan fingerprint density at radius 3 is 2.04 bits per heavy atom. The topological polar surface area (TPSA) is 81.1 Å². The second-order valence-corrected chi connectivity index (χ2v) is 7.93. The lowest BCUT2D eigenvalue weighted by atomic mass is 9.92. The number of carboxylic acids is 2. The van der Waals surface area contributed by atoms with Gasteiger partial charge in [-0.3, -0.25) is 0 Å². The number of rotatable bonds is 3. The van der Waals surface area contributed by atoms with Crippen molar-refractivity contribution < 1.29 is 19.8 Å². The van der Waals surface area contributed by atoms with E-state index in [2.05, 4.69) is 22.0 Å². The monoisotopic (exact) mass is 350 g/mol. The minimum atomic E-state index is -1.82. The molecule has 2 aliphatic heterocycles. The summed E-state index contributed by atoms with van der Waals surface area (Å²) in [5, 5.41) is 14.8. The molecule has 2 bridgehead atoms. The molecular weight excluding hydrogens is 320 g/mol. The number of carboxylic acid groups (broad SMARTS) is 2. The van der Waals surface area contributed by atoms with Crippen LogP contribution in [0.2, 0.25) is 0 Å². The molecule has 6 heteroatoms. The molecule has 2 N–H and O–H groups in total.